The SMILES string of the molecule is CNCC(=O)c1c(Cl)cc(C)c(OC)c1C. The molecule has 0 bridgehead atoms. The summed E-state index contributed by atoms with van der Waals surface area (Å²) in [6, 6.07) is 1.76. The van der Waals surface area contributed by atoms with Gasteiger partial charge >= 0.3 is 0 Å². The molecule has 0 atom stereocenters. The maximum atomic E-state index is 11.9. The molecule has 0 amide bonds. The fourth-order valence-corrected chi connectivity index (χ4v) is 2.23. The van der Waals surface area contributed by atoms with Crippen molar-refractivity contribution in [3.63, 3.8) is 0 Å². The lowest BCUT2D eigenvalue weighted by molar-refractivity contribution is 0.0993. The second-order valence-electron chi connectivity index (χ2n) is 3.66. The summed E-state index contributed by atoms with van der Waals surface area (Å²) in [7, 11) is 3.32. The van der Waals surface area contributed by atoms with E-state index in [1.165, 1.54) is 0 Å². The van der Waals surface area contributed by atoms with E-state index in [-0.39, 0.29) is 12.3 Å². The van der Waals surface area contributed by atoms with E-state index in [1.54, 1.807) is 20.2 Å². The van der Waals surface area contributed by atoms with Gasteiger partial charge in [0.25, 0.3) is 0 Å². The van der Waals surface area contributed by atoms with Crippen molar-refractivity contribution in [1.29, 1.82) is 0 Å². The van der Waals surface area contributed by atoms with Crippen LogP contribution in [0.1, 0.15) is 21.5 Å². The number of benzene rings is 1. The molecular weight excluding hydrogens is 226 g/mol. The van der Waals surface area contributed by atoms with Gasteiger partial charge in [0.2, 0.25) is 0 Å². The Labute approximate surface area is 101 Å². The molecule has 0 saturated carbocycles. The first-order valence-electron chi connectivity index (χ1n) is 5.04. The molecule has 0 radical (unpaired) electrons. The van der Waals surface area contributed by atoms with E-state index >= 15 is 0 Å². The zero-order valence-corrected chi connectivity index (χ0v) is 10.7. The maximum Gasteiger partial charge on any atom is 0.178 e. The largest absolute Gasteiger partial charge is 0.496 e. The van der Waals surface area contributed by atoms with Crippen molar-refractivity contribution in [1.82, 2.24) is 5.32 Å². The van der Waals surface area contributed by atoms with Gasteiger partial charge < -0.3 is 10.1 Å². The molecule has 16 heavy (non-hydrogen) atoms. The van der Waals surface area contributed by atoms with E-state index < -0.39 is 0 Å². The van der Waals surface area contributed by atoms with Gasteiger partial charge in [-0.2, -0.15) is 0 Å². The van der Waals surface area contributed by atoms with Crippen molar-refractivity contribution in [3.8, 4) is 5.75 Å². The lowest BCUT2D eigenvalue weighted by atomic mass is 10.0. The molecule has 0 aliphatic rings. The van der Waals surface area contributed by atoms with E-state index in [9.17, 15) is 4.79 Å². The number of hydrogen-bond acceptors (Lipinski definition) is 3. The van der Waals surface area contributed by atoms with E-state index in [0.29, 0.717) is 10.6 Å². The third-order valence-corrected chi connectivity index (χ3v) is 2.77. The van der Waals surface area contributed by atoms with E-state index in [0.717, 1.165) is 16.9 Å². The third kappa shape index (κ3) is 2.36. The predicted octanol–water partition coefficient (Wildman–Crippen LogP) is 2.37. The number of carbonyl (C=O) groups excluding carboxylic acids is 1. The van der Waals surface area contributed by atoms with Crippen LogP contribution in [0.2, 0.25) is 5.02 Å². The Kier molecular flexibility index (Phi) is 4.33. The zero-order chi connectivity index (χ0) is 12.3. The minimum atomic E-state index is -0.0247. The summed E-state index contributed by atoms with van der Waals surface area (Å²) in [5, 5.41) is 3.31. The van der Waals surface area contributed by atoms with Crippen molar-refractivity contribution < 1.29 is 9.53 Å². The lowest BCUT2D eigenvalue weighted by Crippen LogP contribution is -2.20. The summed E-state index contributed by atoms with van der Waals surface area (Å²) in [6.45, 7) is 4.03. The predicted molar refractivity (Wildman–Crippen MR) is 65.7 cm³/mol. The average molecular weight is 242 g/mol. The minimum absolute atomic E-state index is 0.0247. The molecule has 0 fully saturated rings. The first-order valence-corrected chi connectivity index (χ1v) is 5.42. The quantitative estimate of drug-likeness (QED) is 0.823. The van der Waals surface area contributed by atoms with Crippen LogP contribution in [0.4, 0.5) is 0 Å². The Morgan fingerprint density at radius 2 is 2.12 bits per heavy atom. The molecule has 3 nitrogen and oxygen atoms in total. The van der Waals surface area contributed by atoms with Gasteiger partial charge in [0.1, 0.15) is 5.75 Å². The number of hydrogen-bond donors (Lipinski definition) is 1. The normalized spacial score (nSPS) is 10.3. The van der Waals surface area contributed by atoms with Gasteiger partial charge in [-0.3, -0.25) is 4.79 Å². The minimum Gasteiger partial charge on any atom is -0.496 e. The average Bonchev–Trinajstić information content (AvgIpc) is 2.17. The molecule has 1 aromatic rings. The molecule has 1 rings (SSSR count). The van der Waals surface area contributed by atoms with E-state index in [1.807, 2.05) is 13.8 Å². The van der Waals surface area contributed by atoms with Crippen LogP contribution in [-0.2, 0) is 0 Å². The third-order valence-electron chi connectivity index (χ3n) is 2.48. The topological polar surface area (TPSA) is 38.3 Å². The number of ketones is 1. The molecule has 0 aromatic heterocycles. The number of aryl methyl sites for hydroxylation is 1. The Bertz CT molecular complexity index is 416. The second kappa shape index (κ2) is 5.32. The van der Waals surface area contributed by atoms with Gasteiger partial charge in [0.05, 0.1) is 18.7 Å². The molecule has 0 aliphatic carbocycles. The van der Waals surface area contributed by atoms with Crippen molar-refractivity contribution in [2.45, 2.75) is 13.8 Å². The molecule has 0 heterocycles. The highest BCUT2D eigenvalue weighted by atomic mass is 35.5. The van der Waals surface area contributed by atoms with Crippen LogP contribution in [0.25, 0.3) is 0 Å². The van der Waals surface area contributed by atoms with Crippen molar-refractivity contribution in [2.75, 3.05) is 20.7 Å². The first-order chi connectivity index (χ1) is 7.52. The fraction of sp³-hybridized carbons (Fsp3) is 0.417. The standard InChI is InChI=1S/C12H16ClNO2/c1-7-5-9(13)11(10(15)6-14-3)8(2)12(7)16-4/h5,14H,6H2,1-4H3. The van der Waals surface area contributed by atoms with Crippen LogP contribution >= 0.6 is 11.6 Å². The number of halogens is 1. The van der Waals surface area contributed by atoms with Gasteiger partial charge in [-0.05, 0) is 32.5 Å². The molecule has 0 aliphatic heterocycles. The Morgan fingerprint density at radius 1 is 1.50 bits per heavy atom. The monoisotopic (exact) mass is 241 g/mol. The number of Topliss-reactive ketones (excluding diaryl/α,β-unsaturated/α-hetero) is 1. The number of nitrogens with one attached hydrogen (secondary N) is 1. The molecular formula is C12H16ClNO2. The summed E-state index contributed by atoms with van der Waals surface area (Å²) < 4.78 is 5.27. The van der Waals surface area contributed by atoms with E-state index in [4.69, 9.17) is 16.3 Å². The maximum absolute atomic E-state index is 11.9. The van der Waals surface area contributed by atoms with Crippen molar-refractivity contribution >= 4 is 17.4 Å². The highest BCUT2D eigenvalue weighted by Crippen LogP contribution is 2.31. The molecule has 0 unspecified atom stereocenters. The number of likely N-dealkylation sites (N-methyl/N-ethyl adjacent to an activating group) is 1. The zero-order valence-electron chi connectivity index (χ0n) is 9.98. The molecule has 0 spiro atoms. The number of ether oxygens (including phenoxy) is 1. The lowest BCUT2D eigenvalue weighted by Gasteiger charge is -2.14. The summed E-state index contributed by atoms with van der Waals surface area (Å²) in [5.41, 5.74) is 2.28. The van der Waals surface area contributed by atoms with Crippen LogP contribution in [0, 0.1) is 13.8 Å². The van der Waals surface area contributed by atoms with Crippen molar-refractivity contribution in [2.24, 2.45) is 0 Å². The molecule has 1 N–H and O–H groups in total. The van der Waals surface area contributed by atoms with Crippen LogP contribution in [0.15, 0.2) is 6.07 Å². The number of carbonyl (C=O) groups is 1. The van der Waals surface area contributed by atoms with Crippen molar-refractivity contribution in [3.05, 3.63) is 27.8 Å². The molecule has 88 valence electrons. The van der Waals surface area contributed by atoms with Gasteiger partial charge in [-0.1, -0.05) is 11.6 Å². The summed E-state index contributed by atoms with van der Waals surface area (Å²) >= 11 is 6.09. The van der Waals surface area contributed by atoms with Gasteiger partial charge in [0, 0.05) is 11.1 Å². The van der Waals surface area contributed by atoms with Gasteiger partial charge in [-0.15, -0.1) is 0 Å². The number of rotatable bonds is 4. The van der Waals surface area contributed by atoms with E-state index in [2.05, 4.69) is 5.32 Å². The van der Waals surface area contributed by atoms with Gasteiger partial charge in [-0.25, -0.2) is 0 Å². The van der Waals surface area contributed by atoms with Gasteiger partial charge in [0.15, 0.2) is 5.78 Å². The summed E-state index contributed by atoms with van der Waals surface area (Å²) in [6.07, 6.45) is 0. The highest BCUT2D eigenvalue weighted by molar-refractivity contribution is 6.34. The Morgan fingerprint density at radius 3 is 2.62 bits per heavy atom. The molecule has 4 heteroatoms. The first kappa shape index (κ1) is 13.0. The van der Waals surface area contributed by atoms with Crippen LogP contribution in [-0.4, -0.2) is 26.5 Å². The number of methoxy groups -OCH3 is 1. The van der Waals surface area contributed by atoms with Crippen LogP contribution in [0.5, 0.6) is 5.75 Å². The molecule has 0 saturated heterocycles. The Balaban J connectivity index is 3.33. The summed E-state index contributed by atoms with van der Waals surface area (Å²) in [5.74, 6) is 0.701. The molecule has 1 aromatic carbocycles. The fourth-order valence-electron chi connectivity index (χ4n) is 1.82. The Hall–Kier alpha value is -1.06. The summed E-state index contributed by atoms with van der Waals surface area (Å²) in [4.78, 5) is 11.9. The highest BCUT2D eigenvalue weighted by Gasteiger charge is 2.17. The van der Waals surface area contributed by atoms with Crippen LogP contribution in [0.3, 0.4) is 0 Å². The second-order valence-corrected chi connectivity index (χ2v) is 4.07. The smallest absolute Gasteiger partial charge is 0.178 e. The van der Waals surface area contributed by atoms with Crippen LogP contribution < -0.4 is 10.1 Å².